The summed E-state index contributed by atoms with van der Waals surface area (Å²) in [5, 5.41) is 3.57. The fraction of sp³-hybridized carbons (Fsp3) is 0.429. The van der Waals surface area contributed by atoms with Crippen molar-refractivity contribution in [2.45, 2.75) is 56.1 Å². The van der Waals surface area contributed by atoms with Crippen molar-refractivity contribution < 1.29 is 9.18 Å². The van der Waals surface area contributed by atoms with Crippen molar-refractivity contribution in [3.8, 4) is 0 Å². The SMILES string of the molecule is O=C(NC12CC3CC(CC(C3)C1)C2)C1C(c2ccc(F)cc2)N=C2c3ccccc3C=CN21. The van der Waals surface area contributed by atoms with Crippen LogP contribution in [0.4, 0.5) is 4.39 Å². The molecule has 2 aromatic carbocycles. The van der Waals surface area contributed by atoms with Crippen LogP contribution in [0.3, 0.4) is 0 Å². The number of carbonyl (C=O) groups excluding carboxylic acids is 1. The number of halogens is 1. The third kappa shape index (κ3) is 3.08. The summed E-state index contributed by atoms with van der Waals surface area (Å²) >= 11 is 0. The Morgan fingerprint density at radius 3 is 2.33 bits per heavy atom. The molecule has 0 spiro atoms. The molecule has 2 atom stereocenters. The fourth-order valence-electron chi connectivity index (χ4n) is 7.72. The van der Waals surface area contributed by atoms with E-state index in [0.717, 1.165) is 59.5 Å². The summed E-state index contributed by atoms with van der Waals surface area (Å²) in [6, 6.07) is 13.8. The van der Waals surface area contributed by atoms with Crippen LogP contribution in [-0.4, -0.2) is 28.2 Å². The normalized spacial score (nSPS) is 35.2. The molecule has 0 radical (unpaired) electrons. The van der Waals surface area contributed by atoms with Crippen LogP contribution in [0, 0.1) is 23.6 Å². The lowest BCUT2D eigenvalue weighted by molar-refractivity contribution is -0.130. The number of amides is 1. The smallest absolute Gasteiger partial charge is 0.246 e. The van der Waals surface area contributed by atoms with Crippen molar-refractivity contribution in [2.24, 2.45) is 22.7 Å². The molecular formula is C28H28FN3O. The molecule has 2 aromatic rings. The van der Waals surface area contributed by atoms with Gasteiger partial charge in [0, 0.05) is 17.3 Å². The molecule has 4 aliphatic carbocycles. The van der Waals surface area contributed by atoms with Crippen LogP contribution < -0.4 is 5.32 Å². The first-order valence-electron chi connectivity index (χ1n) is 12.3. The second-order valence-electron chi connectivity index (χ2n) is 10.9. The summed E-state index contributed by atoms with van der Waals surface area (Å²) in [6.07, 6.45) is 11.4. The molecular weight excluding hydrogens is 413 g/mol. The van der Waals surface area contributed by atoms with E-state index in [4.69, 9.17) is 4.99 Å². The van der Waals surface area contributed by atoms with Gasteiger partial charge in [-0.05, 0) is 85.6 Å². The van der Waals surface area contributed by atoms with Crippen molar-refractivity contribution in [1.29, 1.82) is 0 Å². The molecule has 33 heavy (non-hydrogen) atoms. The Kier molecular flexibility index (Phi) is 4.15. The first-order valence-corrected chi connectivity index (χ1v) is 12.3. The third-order valence-electron chi connectivity index (χ3n) is 8.63. The largest absolute Gasteiger partial charge is 0.349 e. The van der Waals surface area contributed by atoms with E-state index in [0.29, 0.717) is 0 Å². The minimum atomic E-state index is -0.469. The zero-order chi connectivity index (χ0) is 22.2. The van der Waals surface area contributed by atoms with Crippen LogP contribution in [0.1, 0.15) is 61.3 Å². The number of rotatable bonds is 3. The first-order chi connectivity index (χ1) is 16.1. The van der Waals surface area contributed by atoms with E-state index in [1.165, 1.54) is 31.4 Å². The molecule has 0 aromatic heterocycles. The molecule has 6 aliphatic rings. The molecule has 2 unspecified atom stereocenters. The Balaban J connectivity index is 1.25. The molecule has 4 fully saturated rings. The molecule has 168 valence electrons. The molecule has 1 amide bonds. The van der Waals surface area contributed by atoms with E-state index in [-0.39, 0.29) is 23.3 Å². The fourth-order valence-corrected chi connectivity index (χ4v) is 7.72. The van der Waals surface area contributed by atoms with E-state index in [9.17, 15) is 9.18 Å². The van der Waals surface area contributed by atoms with Crippen LogP contribution in [0.5, 0.6) is 0 Å². The second kappa shape index (κ2) is 7.02. The van der Waals surface area contributed by atoms with E-state index in [2.05, 4.69) is 23.5 Å². The molecule has 1 N–H and O–H groups in total. The number of hydrogen-bond acceptors (Lipinski definition) is 3. The predicted octanol–water partition coefficient (Wildman–Crippen LogP) is 5.07. The Morgan fingerprint density at radius 2 is 1.64 bits per heavy atom. The Bertz CT molecular complexity index is 1150. The lowest BCUT2D eigenvalue weighted by Crippen LogP contribution is -2.62. The molecule has 8 rings (SSSR count). The van der Waals surface area contributed by atoms with Gasteiger partial charge in [0.2, 0.25) is 5.91 Å². The zero-order valence-corrected chi connectivity index (χ0v) is 18.6. The van der Waals surface area contributed by atoms with Gasteiger partial charge >= 0.3 is 0 Å². The number of hydrogen-bond donors (Lipinski definition) is 1. The Hall–Kier alpha value is -2.95. The van der Waals surface area contributed by atoms with Gasteiger partial charge in [-0.25, -0.2) is 4.39 Å². The average Bonchev–Trinajstić information content (AvgIpc) is 3.18. The standard InChI is InChI=1S/C28H28FN3O/c29-22-7-5-21(6-8-22)24-25(32-10-9-20-3-1-2-4-23(20)26(32)30-24)27(33)31-28-14-17-11-18(15-28)13-19(12-17)16-28/h1-10,17-19,24-25H,11-16H2,(H,31,33). The summed E-state index contributed by atoms with van der Waals surface area (Å²) in [7, 11) is 0. The summed E-state index contributed by atoms with van der Waals surface area (Å²) in [6.45, 7) is 0. The van der Waals surface area contributed by atoms with Gasteiger partial charge in [0.15, 0.2) is 0 Å². The monoisotopic (exact) mass is 441 g/mol. The third-order valence-corrected chi connectivity index (χ3v) is 8.63. The highest BCUT2D eigenvalue weighted by molar-refractivity contribution is 6.08. The quantitative estimate of drug-likeness (QED) is 0.723. The maximum Gasteiger partial charge on any atom is 0.246 e. The number of carbonyl (C=O) groups is 1. The molecule has 5 heteroatoms. The van der Waals surface area contributed by atoms with Crippen molar-refractivity contribution >= 4 is 17.8 Å². The number of nitrogens with zero attached hydrogens (tertiary/aromatic N) is 2. The number of nitrogens with one attached hydrogen (secondary N) is 1. The summed E-state index contributed by atoms with van der Waals surface area (Å²) < 4.78 is 13.7. The van der Waals surface area contributed by atoms with E-state index in [1.54, 1.807) is 12.1 Å². The van der Waals surface area contributed by atoms with Crippen molar-refractivity contribution in [3.05, 3.63) is 77.2 Å². The predicted molar refractivity (Wildman–Crippen MR) is 126 cm³/mol. The van der Waals surface area contributed by atoms with E-state index in [1.807, 2.05) is 23.2 Å². The van der Waals surface area contributed by atoms with Gasteiger partial charge in [-0.3, -0.25) is 9.79 Å². The number of aliphatic imine (C=N–C) groups is 1. The van der Waals surface area contributed by atoms with Gasteiger partial charge < -0.3 is 10.2 Å². The average molecular weight is 442 g/mol. The minimum absolute atomic E-state index is 0.0501. The van der Waals surface area contributed by atoms with Gasteiger partial charge in [-0.15, -0.1) is 0 Å². The summed E-state index contributed by atoms with van der Waals surface area (Å²) in [5.74, 6) is 2.90. The topological polar surface area (TPSA) is 44.7 Å². The molecule has 4 nitrogen and oxygen atoms in total. The van der Waals surface area contributed by atoms with Gasteiger partial charge in [0.05, 0.1) is 0 Å². The van der Waals surface area contributed by atoms with Gasteiger partial charge in [-0.1, -0.05) is 36.4 Å². The van der Waals surface area contributed by atoms with E-state index >= 15 is 0 Å². The number of amidine groups is 1. The van der Waals surface area contributed by atoms with Crippen molar-refractivity contribution in [2.75, 3.05) is 0 Å². The second-order valence-corrected chi connectivity index (χ2v) is 10.9. The first kappa shape index (κ1) is 19.5. The Morgan fingerprint density at radius 1 is 0.970 bits per heavy atom. The minimum Gasteiger partial charge on any atom is -0.349 e. The maximum absolute atomic E-state index is 14.0. The maximum atomic E-state index is 14.0. The van der Waals surface area contributed by atoms with Gasteiger partial charge in [0.1, 0.15) is 23.7 Å². The van der Waals surface area contributed by atoms with Crippen molar-refractivity contribution in [1.82, 2.24) is 10.2 Å². The Labute approximate surface area is 193 Å². The molecule has 4 saturated carbocycles. The molecule has 0 saturated heterocycles. The zero-order valence-electron chi connectivity index (χ0n) is 18.6. The van der Waals surface area contributed by atoms with Gasteiger partial charge in [0.25, 0.3) is 0 Å². The van der Waals surface area contributed by atoms with Gasteiger partial charge in [-0.2, -0.15) is 0 Å². The van der Waals surface area contributed by atoms with Crippen LogP contribution in [0.15, 0.2) is 59.7 Å². The summed E-state index contributed by atoms with van der Waals surface area (Å²) in [4.78, 5) is 21.1. The van der Waals surface area contributed by atoms with Crippen LogP contribution in [0.25, 0.3) is 6.08 Å². The van der Waals surface area contributed by atoms with Crippen LogP contribution >= 0.6 is 0 Å². The van der Waals surface area contributed by atoms with Crippen LogP contribution in [-0.2, 0) is 4.79 Å². The lowest BCUT2D eigenvalue weighted by atomic mass is 9.53. The summed E-state index contributed by atoms with van der Waals surface area (Å²) in [5.41, 5.74) is 2.96. The molecule has 4 bridgehead atoms. The molecule has 2 heterocycles. The number of benzene rings is 2. The van der Waals surface area contributed by atoms with Crippen LogP contribution in [0.2, 0.25) is 0 Å². The van der Waals surface area contributed by atoms with Crippen molar-refractivity contribution in [3.63, 3.8) is 0 Å². The molecule has 2 aliphatic heterocycles. The lowest BCUT2D eigenvalue weighted by Gasteiger charge is -2.57. The van der Waals surface area contributed by atoms with E-state index < -0.39 is 6.04 Å². The number of fused-ring (bicyclic) bond motifs is 3. The highest BCUT2D eigenvalue weighted by Crippen LogP contribution is 2.55. The highest BCUT2D eigenvalue weighted by Gasteiger charge is 2.53. The highest BCUT2D eigenvalue weighted by atomic mass is 19.1.